The van der Waals surface area contributed by atoms with E-state index in [9.17, 15) is 0 Å². The van der Waals surface area contributed by atoms with Gasteiger partial charge in [-0.25, -0.2) is 0 Å². The Kier molecular flexibility index (Phi) is 4.87. The summed E-state index contributed by atoms with van der Waals surface area (Å²) in [5.41, 5.74) is 11.4. The highest BCUT2D eigenvalue weighted by Gasteiger charge is 2.37. The zero-order valence-electron chi connectivity index (χ0n) is 17.5. The number of hydrogen-bond donors (Lipinski definition) is 0. The Bertz CT molecular complexity index is 1220. The zero-order valence-corrected chi connectivity index (χ0v) is 19.0. The molecular formula is C29H25Br. The molecule has 0 radical (unpaired) electrons. The van der Waals surface area contributed by atoms with Crippen LogP contribution in [0, 0.1) is 0 Å². The highest BCUT2D eigenvalue weighted by atomic mass is 79.9. The van der Waals surface area contributed by atoms with Crippen molar-refractivity contribution in [2.75, 3.05) is 0 Å². The van der Waals surface area contributed by atoms with Crippen LogP contribution in [0.4, 0.5) is 0 Å². The van der Waals surface area contributed by atoms with Crippen LogP contribution in [0.25, 0.3) is 11.1 Å². The van der Waals surface area contributed by atoms with Gasteiger partial charge in [-0.1, -0.05) is 109 Å². The van der Waals surface area contributed by atoms with Crippen LogP contribution < -0.4 is 0 Å². The molecule has 0 heterocycles. The van der Waals surface area contributed by atoms with Crippen LogP contribution in [0.1, 0.15) is 47.2 Å². The van der Waals surface area contributed by atoms with Crippen molar-refractivity contribution in [1.29, 1.82) is 0 Å². The predicted octanol–water partition coefficient (Wildman–Crippen LogP) is 7.94. The molecule has 1 aliphatic carbocycles. The lowest BCUT2D eigenvalue weighted by atomic mass is 9.82. The first-order chi connectivity index (χ1) is 14.5. The van der Waals surface area contributed by atoms with Crippen molar-refractivity contribution in [2.24, 2.45) is 0 Å². The van der Waals surface area contributed by atoms with E-state index in [1.807, 2.05) is 0 Å². The summed E-state index contributed by atoms with van der Waals surface area (Å²) in [6.07, 6.45) is 1.91. The van der Waals surface area contributed by atoms with E-state index in [4.69, 9.17) is 0 Å². The van der Waals surface area contributed by atoms with Gasteiger partial charge in [-0.3, -0.25) is 0 Å². The van der Waals surface area contributed by atoms with E-state index in [0.717, 1.165) is 17.3 Å². The van der Waals surface area contributed by atoms with Gasteiger partial charge in [-0.15, -0.1) is 0 Å². The Morgan fingerprint density at radius 1 is 0.600 bits per heavy atom. The minimum Gasteiger partial charge on any atom is -0.0622 e. The SMILES string of the molecule is CC1(C)c2cccc(Cc3ccccc3)c2-c2c(Cc3cccc(Br)c3)cccc21. The summed E-state index contributed by atoms with van der Waals surface area (Å²) in [7, 11) is 0. The average Bonchev–Trinajstić information content (AvgIpc) is 2.98. The molecular weight excluding hydrogens is 428 g/mol. The maximum absolute atomic E-state index is 3.63. The fourth-order valence-corrected chi connectivity index (χ4v) is 5.40. The smallest absolute Gasteiger partial charge is 0.0178 e. The second-order valence-corrected chi connectivity index (χ2v) is 9.69. The molecule has 0 spiro atoms. The molecule has 0 aromatic heterocycles. The first-order valence-electron chi connectivity index (χ1n) is 10.6. The van der Waals surface area contributed by atoms with Crippen LogP contribution in [-0.4, -0.2) is 0 Å². The van der Waals surface area contributed by atoms with Crippen LogP contribution in [0.5, 0.6) is 0 Å². The quantitative estimate of drug-likeness (QED) is 0.294. The van der Waals surface area contributed by atoms with Gasteiger partial charge >= 0.3 is 0 Å². The minimum absolute atomic E-state index is 0.0185. The first-order valence-corrected chi connectivity index (χ1v) is 11.4. The molecule has 1 aliphatic rings. The maximum atomic E-state index is 3.63. The van der Waals surface area contributed by atoms with E-state index < -0.39 is 0 Å². The van der Waals surface area contributed by atoms with Gasteiger partial charge in [0.1, 0.15) is 0 Å². The van der Waals surface area contributed by atoms with E-state index in [2.05, 4.69) is 121 Å². The standard InChI is InChI=1S/C29H25Br/c1-29(2)25-15-7-12-22(17-20-9-4-3-5-10-20)27(25)28-23(13-8-16-26(28)29)18-21-11-6-14-24(30)19-21/h3-16,19H,17-18H2,1-2H3. The molecule has 5 rings (SSSR count). The van der Waals surface area contributed by atoms with E-state index in [1.54, 1.807) is 0 Å². The molecule has 1 heteroatoms. The van der Waals surface area contributed by atoms with Gasteiger partial charge in [-0.2, -0.15) is 0 Å². The Labute approximate surface area is 187 Å². The lowest BCUT2D eigenvalue weighted by molar-refractivity contribution is 0.659. The molecule has 0 aliphatic heterocycles. The highest BCUT2D eigenvalue weighted by molar-refractivity contribution is 9.10. The van der Waals surface area contributed by atoms with Crippen LogP contribution >= 0.6 is 15.9 Å². The van der Waals surface area contributed by atoms with Gasteiger partial charge in [-0.05, 0) is 69.5 Å². The lowest BCUT2D eigenvalue weighted by Gasteiger charge is -2.21. The summed E-state index contributed by atoms with van der Waals surface area (Å²) in [6, 6.07) is 33.2. The van der Waals surface area contributed by atoms with Crippen LogP contribution in [0.15, 0.2) is 95.5 Å². The Hall–Kier alpha value is -2.64. The molecule has 4 aromatic carbocycles. The number of rotatable bonds is 4. The van der Waals surface area contributed by atoms with Gasteiger partial charge in [0.15, 0.2) is 0 Å². The third kappa shape index (κ3) is 3.32. The fourth-order valence-electron chi connectivity index (χ4n) is 4.95. The summed E-state index contributed by atoms with van der Waals surface area (Å²) >= 11 is 3.63. The van der Waals surface area contributed by atoms with Crippen molar-refractivity contribution in [3.8, 4) is 11.1 Å². The van der Waals surface area contributed by atoms with E-state index in [0.29, 0.717) is 0 Å². The third-order valence-corrected chi connectivity index (χ3v) is 6.91. The van der Waals surface area contributed by atoms with Crippen LogP contribution in [0.3, 0.4) is 0 Å². The topological polar surface area (TPSA) is 0 Å². The van der Waals surface area contributed by atoms with Crippen molar-refractivity contribution in [3.05, 3.63) is 129 Å². The molecule has 0 amide bonds. The monoisotopic (exact) mass is 452 g/mol. The first kappa shape index (κ1) is 19.3. The number of benzene rings is 4. The summed E-state index contributed by atoms with van der Waals surface area (Å²) < 4.78 is 1.14. The molecule has 0 saturated carbocycles. The van der Waals surface area contributed by atoms with Gasteiger partial charge in [0.25, 0.3) is 0 Å². The van der Waals surface area contributed by atoms with Crippen molar-refractivity contribution in [2.45, 2.75) is 32.1 Å². The summed E-state index contributed by atoms with van der Waals surface area (Å²) in [5, 5.41) is 0. The van der Waals surface area contributed by atoms with Crippen molar-refractivity contribution in [3.63, 3.8) is 0 Å². The molecule has 148 valence electrons. The molecule has 0 saturated heterocycles. The maximum Gasteiger partial charge on any atom is 0.0178 e. The van der Waals surface area contributed by atoms with Crippen molar-refractivity contribution in [1.82, 2.24) is 0 Å². The highest BCUT2D eigenvalue weighted by Crippen LogP contribution is 2.51. The van der Waals surface area contributed by atoms with E-state index in [1.165, 1.54) is 44.5 Å². The molecule has 0 nitrogen and oxygen atoms in total. The molecule has 0 fully saturated rings. The Morgan fingerprint density at radius 2 is 1.13 bits per heavy atom. The number of halogens is 1. The van der Waals surface area contributed by atoms with Crippen molar-refractivity contribution < 1.29 is 0 Å². The van der Waals surface area contributed by atoms with E-state index >= 15 is 0 Å². The lowest BCUT2D eigenvalue weighted by Crippen LogP contribution is -2.15. The molecule has 0 unspecified atom stereocenters. The molecule has 0 N–H and O–H groups in total. The van der Waals surface area contributed by atoms with Gasteiger partial charge in [0, 0.05) is 9.89 Å². The van der Waals surface area contributed by atoms with Crippen LogP contribution in [0.2, 0.25) is 0 Å². The third-order valence-electron chi connectivity index (χ3n) is 6.42. The number of hydrogen-bond acceptors (Lipinski definition) is 0. The summed E-state index contributed by atoms with van der Waals surface area (Å²) in [4.78, 5) is 0. The zero-order chi connectivity index (χ0) is 20.7. The summed E-state index contributed by atoms with van der Waals surface area (Å²) in [5.74, 6) is 0. The van der Waals surface area contributed by atoms with Crippen molar-refractivity contribution >= 4 is 15.9 Å². The van der Waals surface area contributed by atoms with E-state index in [-0.39, 0.29) is 5.41 Å². The summed E-state index contributed by atoms with van der Waals surface area (Å²) in [6.45, 7) is 4.74. The molecule has 30 heavy (non-hydrogen) atoms. The second-order valence-electron chi connectivity index (χ2n) is 8.77. The Balaban J connectivity index is 1.68. The predicted molar refractivity (Wildman–Crippen MR) is 130 cm³/mol. The molecule has 0 atom stereocenters. The fraction of sp³-hybridized carbons (Fsp3) is 0.172. The Morgan fingerprint density at radius 3 is 1.73 bits per heavy atom. The largest absolute Gasteiger partial charge is 0.0622 e. The normalized spacial score (nSPS) is 13.7. The second kappa shape index (κ2) is 7.56. The van der Waals surface area contributed by atoms with Gasteiger partial charge < -0.3 is 0 Å². The molecule has 0 bridgehead atoms. The van der Waals surface area contributed by atoms with Gasteiger partial charge in [0.05, 0.1) is 0 Å². The molecule has 4 aromatic rings. The number of fused-ring (bicyclic) bond motifs is 3. The average molecular weight is 453 g/mol. The van der Waals surface area contributed by atoms with Crippen LogP contribution in [-0.2, 0) is 18.3 Å². The van der Waals surface area contributed by atoms with Gasteiger partial charge in [0.2, 0.25) is 0 Å². The minimum atomic E-state index is 0.0185.